The van der Waals surface area contributed by atoms with Gasteiger partial charge in [0.1, 0.15) is 6.04 Å². The van der Waals surface area contributed by atoms with Gasteiger partial charge in [0.25, 0.3) is 11.8 Å². The fraction of sp³-hybridized carbons (Fsp3) is 0.333. The summed E-state index contributed by atoms with van der Waals surface area (Å²) in [6, 6.07) is 12.0. The number of rotatable bonds is 8. The Morgan fingerprint density at radius 1 is 1.00 bits per heavy atom. The van der Waals surface area contributed by atoms with E-state index in [0.717, 1.165) is 4.90 Å². The SMILES string of the molecule is CCCOC(=O)c1cccc(NC(=O)[C@H](CC(C)C)N2C(=O)c3ccccc3C2=O)c1. The molecule has 1 heterocycles. The Hall–Kier alpha value is -3.48. The molecule has 3 rings (SSSR count). The first-order chi connectivity index (χ1) is 14.8. The molecule has 1 N–H and O–H groups in total. The molecule has 0 aliphatic carbocycles. The molecular weight excluding hydrogens is 396 g/mol. The Balaban J connectivity index is 1.83. The van der Waals surface area contributed by atoms with Crippen LogP contribution >= 0.6 is 0 Å². The third kappa shape index (κ3) is 4.82. The molecule has 0 radical (unpaired) electrons. The lowest BCUT2D eigenvalue weighted by atomic mass is 10.0. The number of amides is 3. The van der Waals surface area contributed by atoms with E-state index in [1.807, 2.05) is 20.8 Å². The molecule has 31 heavy (non-hydrogen) atoms. The predicted octanol–water partition coefficient (Wildman–Crippen LogP) is 3.90. The summed E-state index contributed by atoms with van der Waals surface area (Å²) >= 11 is 0. The van der Waals surface area contributed by atoms with Gasteiger partial charge < -0.3 is 10.1 Å². The number of hydrogen-bond donors (Lipinski definition) is 1. The average molecular weight is 422 g/mol. The highest BCUT2D eigenvalue weighted by atomic mass is 16.5. The van der Waals surface area contributed by atoms with Crippen molar-refractivity contribution in [1.29, 1.82) is 0 Å². The number of ether oxygens (including phenoxy) is 1. The molecule has 0 saturated heterocycles. The van der Waals surface area contributed by atoms with Gasteiger partial charge in [0.05, 0.1) is 23.3 Å². The summed E-state index contributed by atoms with van der Waals surface area (Å²) in [5.41, 5.74) is 1.30. The van der Waals surface area contributed by atoms with Crippen LogP contribution in [-0.4, -0.2) is 41.2 Å². The van der Waals surface area contributed by atoms with Crippen LogP contribution in [0.4, 0.5) is 5.69 Å². The normalized spacial score (nSPS) is 13.9. The minimum atomic E-state index is -0.969. The monoisotopic (exact) mass is 422 g/mol. The fourth-order valence-electron chi connectivity index (χ4n) is 3.49. The van der Waals surface area contributed by atoms with Crippen molar-refractivity contribution in [2.45, 2.75) is 39.7 Å². The van der Waals surface area contributed by atoms with Gasteiger partial charge in [-0.3, -0.25) is 19.3 Å². The number of nitrogens with one attached hydrogen (secondary N) is 1. The molecule has 0 saturated carbocycles. The minimum absolute atomic E-state index is 0.0652. The maximum absolute atomic E-state index is 13.2. The molecule has 2 aromatic carbocycles. The maximum atomic E-state index is 13.2. The van der Waals surface area contributed by atoms with Crippen molar-refractivity contribution in [1.82, 2.24) is 4.90 Å². The fourth-order valence-corrected chi connectivity index (χ4v) is 3.49. The lowest BCUT2D eigenvalue weighted by Gasteiger charge is -2.26. The lowest BCUT2D eigenvalue weighted by Crippen LogP contribution is -2.47. The Labute approximate surface area is 181 Å². The second kappa shape index (κ2) is 9.55. The molecule has 1 aliphatic rings. The van der Waals surface area contributed by atoms with Gasteiger partial charge in [0.15, 0.2) is 0 Å². The molecular formula is C24H26N2O5. The van der Waals surface area contributed by atoms with Crippen molar-refractivity contribution >= 4 is 29.4 Å². The second-order valence-electron chi connectivity index (χ2n) is 7.88. The van der Waals surface area contributed by atoms with Gasteiger partial charge in [-0.25, -0.2) is 4.79 Å². The van der Waals surface area contributed by atoms with Gasteiger partial charge in [-0.1, -0.05) is 39.0 Å². The molecule has 162 valence electrons. The van der Waals surface area contributed by atoms with E-state index < -0.39 is 29.7 Å². The highest BCUT2D eigenvalue weighted by molar-refractivity contribution is 6.23. The van der Waals surface area contributed by atoms with Crippen molar-refractivity contribution < 1.29 is 23.9 Å². The summed E-state index contributed by atoms with van der Waals surface area (Å²) in [5, 5.41) is 2.75. The lowest BCUT2D eigenvalue weighted by molar-refractivity contribution is -0.120. The van der Waals surface area contributed by atoms with E-state index in [4.69, 9.17) is 4.74 Å². The summed E-state index contributed by atoms with van der Waals surface area (Å²) in [7, 11) is 0. The molecule has 3 amide bonds. The van der Waals surface area contributed by atoms with E-state index >= 15 is 0 Å². The van der Waals surface area contributed by atoms with Crippen molar-refractivity contribution in [3.63, 3.8) is 0 Å². The van der Waals surface area contributed by atoms with Crippen LogP contribution in [0.3, 0.4) is 0 Å². The summed E-state index contributed by atoms with van der Waals surface area (Å²) in [6.45, 7) is 6.05. The van der Waals surface area contributed by atoms with Crippen molar-refractivity contribution in [3.05, 3.63) is 65.2 Å². The first kappa shape index (κ1) is 22.2. The van der Waals surface area contributed by atoms with Crippen LogP contribution in [0.15, 0.2) is 48.5 Å². The van der Waals surface area contributed by atoms with E-state index in [0.29, 0.717) is 41.8 Å². The zero-order chi connectivity index (χ0) is 22.5. The number of fused-ring (bicyclic) bond motifs is 1. The zero-order valence-corrected chi connectivity index (χ0v) is 17.9. The Bertz CT molecular complexity index is 980. The van der Waals surface area contributed by atoms with Crippen molar-refractivity contribution in [2.75, 3.05) is 11.9 Å². The molecule has 0 unspecified atom stereocenters. The highest BCUT2D eigenvalue weighted by Gasteiger charge is 2.42. The molecule has 0 bridgehead atoms. The van der Waals surface area contributed by atoms with Gasteiger partial charge in [-0.2, -0.15) is 0 Å². The molecule has 7 heteroatoms. The Kier molecular flexibility index (Phi) is 6.84. The van der Waals surface area contributed by atoms with E-state index in [1.165, 1.54) is 6.07 Å². The molecule has 7 nitrogen and oxygen atoms in total. The number of hydrogen-bond acceptors (Lipinski definition) is 5. The van der Waals surface area contributed by atoms with Gasteiger partial charge in [0.2, 0.25) is 5.91 Å². The van der Waals surface area contributed by atoms with E-state index in [9.17, 15) is 19.2 Å². The molecule has 0 aromatic heterocycles. The summed E-state index contributed by atoms with van der Waals surface area (Å²) in [4.78, 5) is 52.1. The molecule has 2 aromatic rings. The van der Waals surface area contributed by atoms with Crippen LogP contribution < -0.4 is 5.32 Å². The van der Waals surface area contributed by atoms with Gasteiger partial charge in [-0.15, -0.1) is 0 Å². The average Bonchev–Trinajstić information content (AvgIpc) is 3.00. The van der Waals surface area contributed by atoms with Crippen LogP contribution in [-0.2, 0) is 9.53 Å². The number of carbonyl (C=O) groups excluding carboxylic acids is 4. The van der Waals surface area contributed by atoms with Gasteiger partial charge in [0, 0.05) is 5.69 Å². The van der Waals surface area contributed by atoms with Crippen LogP contribution in [0.25, 0.3) is 0 Å². The van der Waals surface area contributed by atoms with E-state index in [-0.39, 0.29) is 5.92 Å². The van der Waals surface area contributed by atoms with Crippen LogP contribution in [0.1, 0.15) is 64.7 Å². The zero-order valence-electron chi connectivity index (χ0n) is 17.9. The number of benzene rings is 2. The summed E-state index contributed by atoms with van der Waals surface area (Å²) in [5.74, 6) is -1.84. The van der Waals surface area contributed by atoms with Crippen LogP contribution in [0.2, 0.25) is 0 Å². The predicted molar refractivity (Wildman–Crippen MR) is 116 cm³/mol. The minimum Gasteiger partial charge on any atom is -0.462 e. The summed E-state index contributed by atoms with van der Waals surface area (Å²) in [6.07, 6.45) is 1.02. The number of nitrogens with zero attached hydrogens (tertiary/aromatic N) is 1. The van der Waals surface area contributed by atoms with Crippen molar-refractivity contribution in [2.24, 2.45) is 5.92 Å². The first-order valence-electron chi connectivity index (χ1n) is 10.4. The first-order valence-corrected chi connectivity index (χ1v) is 10.4. The topological polar surface area (TPSA) is 92.8 Å². The number of esters is 1. The molecule has 1 aliphatic heterocycles. The third-order valence-electron chi connectivity index (χ3n) is 4.94. The Morgan fingerprint density at radius 3 is 2.23 bits per heavy atom. The standard InChI is InChI=1S/C24H26N2O5/c1-4-12-31-24(30)16-8-7-9-17(14-16)25-21(27)20(13-15(2)3)26-22(28)18-10-5-6-11-19(18)23(26)29/h5-11,14-15,20H,4,12-13H2,1-3H3,(H,25,27)/t20-/m0/s1. The number of anilines is 1. The number of carbonyl (C=O) groups is 4. The second-order valence-corrected chi connectivity index (χ2v) is 7.88. The highest BCUT2D eigenvalue weighted by Crippen LogP contribution is 2.27. The van der Waals surface area contributed by atoms with Crippen LogP contribution in [0.5, 0.6) is 0 Å². The maximum Gasteiger partial charge on any atom is 0.338 e. The largest absolute Gasteiger partial charge is 0.462 e. The summed E-state index contributed by atoms with van der Waals surface area (Å²) < 4.78 is 5.13. The third-order valence-corrected chi connectivity index (χ3v) is 4.94. The van der Waals surface area contributed by atoms with Crippen LogP contribution in [0, 0.1) is 5.92 Å². The molecule has 0 fully saturated rings. The Morgan fingerprint density at radius 2 is 1.65 bits per heavy atom. The molecule has 0 spiro atoms. The number of imide groups is 1. The van der Waals surface area contributed by atoms with Gasteiger partial charge >= 0.3 is 5.97 Å². The van der Waals surface area contributed by atoms with E-state index in [2.05, 4.69) is 5.32 Å². The van der Waals surface area contributed by atoms with E-state index in [1.54, 1.807) is 42.5 Å². The van der Waals surface area contributed by atoms with Crippen molar-refractivity contribution in [3.8, 4) is 0 Å². The van der Waals surface area contributed by atoms with Gasteiger partial charge in [-0.05, 0) is 49.1 Å². The molecule has 1 atom stereocenters. The quantitative estimate of drug-likeness (QED) is 0.514. The smallest absolute Gasteiger partial charge is 0.338 e.